The lowest BCUT2D eigenvalue weighted by Gasteiger charge is -2.17. The molecule has 1 N–H and O–H groups in total. The third-order valence-corrected chi connectivity index (χ3v) is 4.85. The summed E-state index contributed by atoms with van der Waals surface area (Å²) in [5, 5.41) is 7.96. The number of halogens is 1. The minimum absolute atomic E-state index is 0.0238. The van der Waals surface area contributed by atoms with Gasteiger partial charge < -0.3 is 10.2 Å². The largest absolute Gasteiger partial charge is 0.338 e. The van der Waals surface area contributed by atoms with E-state index < -0.39 is 0 Å². The first-order chi connectivity index (χ1) is 11.6. The molecule has 2 heterocycles. The monoisotopic (exact) mass is 346 g/mol. The lowest BCUT2D eigenvalue weighted by atomic mass is 10.0. The number of amides is 2. The molecule has 0 radical (unpaired) electrons. The number of carbonyl (C=O) groups is 1. The molecule has 0 unspecified atom stereocenters. The van der Waals surface area contributed by atoms with Gasteiger partial charge in [0, 0.05) is 37.9 Å². The van der Waals surface area contributed by atoms with E-state index in [2.05, 4.69) is 10.4 Å². The molecule has 1 atom stereocenters. The number of urea groups is 1. The summed E-state index contributed by atoms with van der Waals surface area (Å²) in [4.78, 5) is 14.2. The quantitative estimate of drug-likeness (QED) is 0.905. The summed E-state index contributed by atoms with van der Waals surface area (Å²) in [5.41, 5.74) is 2.30. The smallest absolute Gasteiger partial charge is 0.317 e. The van der Waals surface area contributed by atoms with E-state index in [9.17, 15) is 4.79 Å². The third kappa shape index (κ3) is 4.29. The summed E-state index contributed by atoms with van der Waals surface area (Å²) in [7, 11) is 1.93. The minimum atomic E-state index is 0.0238. The van der Waals surface area contributed by atoms with E-state index in [4.69, 9.17) is 11.6 Å². The summed E-state index contributed by atoms with van der Waals surface area (Å²) in [5.74, 6) is 0.517. The van der Waals surface area contributed by atoms with Crippen molar-refractivity contribution in [3.63, 3.8) is 0 Å². The number of nitrogens with one attached hydrogen (secondary N) is 1. The Labute approximate surface area is 147 Å². The fraction of sp³-hybridized carbons (Fsp3) is 0.444. The van der Waals surface area contributed by atoms with Crippen LogP contribution < -0.4 is 5.32 Å². The van der Waals surface area contributed by atoms with Crippen LogP contribution in [0.4, 0.5) is 4.79 Å². The van der Waals surface area contributed by atoms with Crippen molar-refractivity contribution < 1.29 is 4.79 Å². The zero-order valence-corrected chi connectivity index (χ0v) is 14.7. The van der Waals surface area contributed by atoms with Gasteiger partial charge in [-0.05, 0) is 42.4 Å². The van der Waals surface area contributed by atoms with Crippen LogP contribution >= 0.6 is 11.6 Å². The Morgan fingerprint density at radius 1 is 1.42 bits per heavy atom. The van der Waals surface area contributed by atoms with Gasteiger partial charge in [-0.2, -0.15) is 5.10 Å². The van der Waals surface area contributed by atoms with Gasteiger partial charge in [0.2, 0.25) is 0 Å². The summed E-state index contributed by atoms with van der Waals surface area (Å²) < 4.78 is 1.82. The second-order valence-corrected chi connectivity index (χ2v) is 6.81. The fourth-order valence-electron chi connectivity index (χ4n) is 3.21. The van der Waals surface area contributed by atoms with Crippen molar-refractivity contribution in [3.8, 4) is 0 Å². The van der Waals surface area contributed by atoms with Gasteiger partial charge in [0.25, 0.3) is 0 Å². The maximum Gasteiger partial charge on any atom is 0.317 e. The summed E-state index contributed by atoms with van der Waals surface area (Å²) in [6.45, 7) is 2.24. The molecule has 3 rings (SSSR count). The van der Waals surface area contributed by atoms with Crippen molar-refractivity contribution in [2.75, 3.05) is 19.6 Å². The molecule has 2 amide bonds. The molecule has 2 aromatic rings. The van der Waals surface area contributed by atoms with Gasteiger partial charge in [0.1, 0.15) is 0 Å². The Morgan fingerprint density at radius 3 is 3.00 bits per heavy atom. The van der Waals surface area contributed by atoms with E-state index in [1.54, 1.807) is 0 Å². The highest BCUT2D eigenvalue weighted by Crippen LogP contribution is 2.20. The second kappa shape index (κ2) is 7.71. The molecule has 1 aromatic carbocycles. The van der Waals surface area contributed by atoms with Crippen LogP contribution in [0.2, 0.25) is 5.02 Å². The molecule has 1 saturated heterocycles. The van der Waals surface area contributed by atoms with Crippen LogP contribution in [0.3, 0.4) is 0 Å². The summed E-state index contributed by atoms with van der Waals surface area (Å²) >= 11 is 6.13. The van der Waals surface area contributed by atoms with Crippen molar-refractivity contribution in [2.45, 2.75) is 19.3 Å². The maximum absolute atomic E-state index is 12.3. The number of aromatic nitrogens is 2. The number of rotatable bonds is 5. The van der Waals surface area contributed by atoms with Crippen molar-refractivity contribution in [2.24, 2.45) is 13.0 Å². The number of hydrogen-bond donors (Lipinski definition) is 1. The van der Waals surface area contributed by atoms with E-state index in [1.165, 1.54) is 5.56 Å². The first-order valence-corrected chi connectivity index (χ1v) is 8.73. The van der Waals surface area contributed by atoms with Gasteiger partial charge in [0.15, 0.2) is 0 Å². The third-order valence-electron chi connectivity index (χ3n) is 4.48. The lowest BCUT2D eigenvalue weighted by Crippen LogP contribution is -2.39. The number of nitrogens with zero attached hydrogens (tertiary/aromatic N) is 3. The second-order valence-electron chi connectivity index (χ2n) is 6.40. The molecule has 0 aliphatic carbocycles. The van der Waals surface area contributed by atoms with Crippen LogP contribution in [0.5, 0.6) is 0 Å². The van der Waals surface area contributed by atoms with E-state index in [0.29, 0.717) is 12.5 Å². The van der Waals surface area contributed by atoms with Gasteiger partial charge in [-0.1, -0.05) is 29.8 Å². The van der Waals surface area contributed by atoms with Crippen molar-refractivity contribution >= 4 is 17.6 Å². The highest BCUT2D eigenvalue weighted by atomic mass is 35.5. The lowest BCUT2D eigenvalue weighted by molar-refractivity contribution is 0.207. The molecule has 0 bridgehead atoms. The van der Waals surface area contributed by atoms with Crippen LogP contribution in [0.25, 0.3) is 0 Å². The van der Waals surface area contributed by atoms with Crippen LogP contribution in [0.15, 0.2) is 36.7 Å². The standard InChI is InChI=1S/C18H23ClN4O/c1-22-12-15(11-21-22)10-14-7-9-23(13-14)18(24)20-8-6-16-4-2-3-5-17(16)19/h2-5,11-12,14H,6-10,13H2,1H3,(H,20,24)/t14-/m1/s1. The van der Waals surface area contributed by atoms with Crippen LogP contribution in [-0.4, -0.2) is 40.3 Å². The number of hydrogen-bond acceptors (Lipinski definition) is 2. The molecule has 0 saturated carbocycles. The first kappa shape index (κ1) is 16.8. The SMILES string of the molecule is Cn1cc(C[C@H]2CCN(C(=O)NCCc3ccccc3Cl)C2)cn1. The molecule has 24 heavy (non-hydrogen) atoms. The van der Waals surface area contributed by atoms with E-state index in [-0.39, 0.29) is 6.03 Å². The number of benzene rings is 1. The molecule has 1 aliphatic rings. The van der Waals surface area contributed by atoms with Gasteiger partial charge in [-0.15, -0.1) is 0 Å². The van der Waals surface area contributed by atoms with Crippen LogP contribution in [-0.2, 0) is 19.9 Å². The summed E-state index contributed by atoms with van der Waals surface area (Å²) in [6, 6.07) is 7.77. The van der Waals surface area contributed by atoms with Gasteiger partial charge in [0.05, 0.1) is 6.20 Å². The van der Waals surface area contributed by atoms with Gasteiger partial charge >= 0.3 is 6.03 Å². The van der Waals surface area contributed by atoms with Crippen LogP contribution in [0, 0.1) is 5.92 Å². The average Bonchev–Trinajstić information content (AvgIpc) is 3.19. The highest BCUT2D eigenvalue weighted by molar-refractivity contribution is 6.31. The molecular weight excluding hydrogens is 324 g/mol. The number of carbonyl (C=O) groups excluding carboxylic acids is 1. The van der Waals surface area contributed by atoms with Crippen molar-refractivity contribution in [1.29, 1.82) is 0 Å². The van der Waals surface area contributed by atoms with E-state index in [1.807, 2.05) is 53.3 Å². The number of aryl methyl sites for hydroxylation is 1. The normalized spacial score (nSPS) is 17.2. The Kier molecular flexibility index (Phi) is 5.41. The average molecular weight is 347 g/mol. The first-order valence-electron chi connectivity index (χ1n) is 8.35. The topological polar surface area (TPSA) is 50.2 Å². The van der Waals surface area contributed by atoms with Crippen molar-refractivity contribution in [3.05, 3.63) is 52.8 Å². The molecule has 1 fully saturated rings. The molecule has 6 heteroatoms. The Hall–Kier alpha value is -2.01. The summed E-state index contributed by atoms with van der Waals surface area (Å²) in [6.07, 6.45) is 6.74. The number of likely N-dealkylation sites (tertiary alicyclic amines) is 1. The maximum atomic E-state index is 12.3. The van der Waals surface area contributed by atoms with E-state index in [0.717, 1.165) is 42.9 Å². The molecule has 0 spiro atoms. The predicted octanol–water partition coefficient (Wildman–Crippen LogP) is 2.89. The van der Waals surface area contributed by atoms with Gasteiger partial charge in [-0.25, -0.2) is 4.79 Å². The highest BCUT2D eigenvalue weighted by Gasteiger charge is 2.26. The Balaban J connectivity index is 1.42. The fourth-order valence-corrected chi connectivity index (χ4v) is 3.44. The Morgan fingerprint density at radius 2 is 2.25 bits per heavy atom. The molecule has 1 aromatic heterocycles. The molecule has 5 nitrogen and oxygen atoms in total. The minimum Gasteiger partial charge on any atom is -0.338 e. The molecule has 1 aliphatic heterocycles. The predicted molar refractivity (Wildman–Crippen MR) is 95.1 cm³/mol. The van der Waals surface area contributed by atoms with Crippen LogP contribution in [0.1, 0.15) is 17.5 Å². The van der Waals surface area contributed by atoms with Crippen molar-refractivity contribution in [1.82, 2.24) is 20.0 Å². The molecular formula is C18H23ClN4O. The zero-order valence-electron chi connectivity index (χ0n) is 13.9. The Bertz CT molecular complexity index is 700. The molecule has 128 valence electrons. The van der Waals surface area contributed by atoms with E-state index >= 15 is 0 Å². The zero-order chi connectivity index (χ0) is 16.9. The van der Waals surface area contributed by atoms with Gasteiger partial charge in [-0.3, -0.25) is 4.68 Å².